The van der Waals surface area contributed by atoms with Gasteiger partial charge in [0.05, 0.1) is 13.7 Å². The molecule has 0 aromatic heterocycles. The van der Waals surface area contributed by atoms with Gasteiger partial charge in [-0.3, -0.25) is 0 Å². The lowest BCUT2D eigenvalue weighted by atomic mass is 10.1. The minimum atomic E-state index is 0.659. The number of rotatable bonds is 7. The van der Waals surface area contributed by atoms with Crippen LogP contribution in [0, 0.1) is 5.92 Å². The molecule has 2 unspecified atom stereocenters. The van der Waals surface area contributed by atoms with Crippen molar-refractivity contribution < 1.29 is 4.74 Å². The maximum absolute atomic E-state index is 5.19. The Kier molecular flexibility index (Phi) is 5.94. The van der Waals surface area contributed by atoms with Crippen LogP contribution in [0.4, 0.5) is 0 Å². The molecule has 3 rings (SSSR count). The van der Waals surface area contributed by atoms with E-state index in [2.05, 4.69) is 60.0 Å². The summed E-state index contributed by atoms with van der Waals surface area (Å²) >= 11 is 0. The summed E-state index contributed by atoms with van der Waals surface area (Å²) in [6, 6.07) is 18.8. The van der Waals surface area contributed by atoms with Crippen molar-refractivity contribution in [3.05, 3.63) is 65.7 Å². The van der Waals surface area contributed by atoms with Crippen LogP contribution in [0.5, 0.6) is 5.75 Å². The molecular formula is C21H27N3O. The Bertz CT molecular complexity index is 682. The van der Waals surface area contributed by atoms with E-state index in [1.807, 2.05) is 12.1 Å². The molecule has 2 aromatic carbocycles. The third kappa shape index (κ3) is 4.99. The van der Waals surface area contributed by atoms with E-state index in [0.717, 1.165) is 24.8 Å². The van der Waals surface area contributed by atoms with E-state index in [1.165, 1.54) is 17.5 Å². The van der Waals surface area contributed by atoms with Crippen molar-refractivity contribution >= 4 is 5.96 Å². The number of nitrogens with one attached hydrogen (secondary N) is 2. The van der Waals surface area contributed by atoms with Gasteiger partial charge in [-0.1, -0.05) is 42.5 Å². The number of ether oxygens (including phenoxy) is 1. The average molecular weight is 337 g/mol. The maximum Gasteiger partial charge on any atom is 0.191 e. The summed E-state index contributed by atoms with van der Waals surface area (Å²) in [5.74, 6) is 3.15. The van der Waals surface area contributed by atoms with E-state index >= 15 is 0 Å². The summed E-state index contributed by atoms with van der Waals surface area (Å²) in [6.07, 6.45) is 1.26. The van der Waals surface area contributed by atoms with Crippen LogP contribution >= 0.6 is 0 Å². The van der Waals surface area contributed by atoms with Gasteiger partial charge in [0, 0.05) is 13.1 Å². The highest BCUT2D eigenvalue weighted by Gasteiger charge is 2.37. The van der Waals surface area contributed by atoms with Gasteiger partial charge >= 0.3 is 0 Å². The standard InChI is InChI=1S/C21H27N3O/c1-3-22-21(23-14-16-9-11-19(25-2)12-10-16)24-15-18-13-20(18)17-7-5-4-6-8-17/h4-12,18,20H,3,13-15H2,1-2H3,(H2,22,23,24). The molecule has 1 aliphatic carbocycles. The van der Waals surface area contributed by atoms with Crippen molar-refractivity contribution in [1.29, 1.82) is 0 Å². The van der Waals surface area contributed by atoms with E-state index in [9.17, 15) is 0 Å². The fraction of sp³-hybridized carbons (Fsp3) is 0.381. The van der Waals surface area contributed by atoms with E-state index < -0.39 is 0 Å². The highest BCUT2D eigenvalue weighted by Crippen LogP contribution is 2.46. The topological polar surface area (TPSA) is 45.7 Å². The van der Waals surface area contributed by atoms with Crippen molar-refractivity contribution in [2.24, 2.45) is 10.9 Å². The Morgan fingerprint density at radius 3 is 2.52 bits per heavy atom. The molecule has 4 nitrogen and oxygen atoms in total. The number of nitrogens with zero attached hydrogens (tertiary/aromatic N) is 1. The van der Waals surface area contributed by atoms with Gasteiger partial charge in [-0.25, -0.2) is 4.99 Å². The van der Waals surface area contributed by atoms with Crippen molar-refractivity contribution in [3.8, 4) is 5.75 Å². The van der Waals surface area contributed by atoms with Gasteiger partial charge < -0.3 is 15.4 Å². The van der Waals surface area contributed by atoms with Gasteiger partial charge in [0.2, 0.25) is 0 Å². The molecule has 2 N–H and O–H groups in total. The molecule has 0 amide bonds. The zero-order chi connectivity index (χ0) is 17.5. The van der Waals surface area contributed by atoms with Crippen LogP contribution in [0.15, 0.2) is 59.6 Å². The molecule has 0 bridgehead atoms. The molecule has 2 atom stereocenters. The number of benzene rings is 2. The number of hydrogen-bond acceptors (Lipinski definition) is 2. The quantitative estimate of drug-likeness (QED) is 0.600. The van der Waals surface area contributed by atoms with Crippen LogP contribution in [0.25, 0.3) is 0 Å². The molecule has 0 radical (unpaired) electrons. The van der Waals surface area contributed by atoms with Gasteiger partial charge in [0.25, 0.3) is 0 Å². The summed E-state index contributed by atoms with van der Waals surface area (Å²) in [6.45, 7) is 4.58. The third-order valence-electron chi connectivity index (χ3n) is 4.61. The van der Waals surface area contributed by atoms with E-state index in [4.69, 9.17) is 9.73 Å². The summed E-state index contributed by atoms with van der Waals surface area (Å²) in [7, 11) is 1.68. The average Bonchev–Trinajstić information content (AvgIpc) is 3.45. The monoisotopic (exact) mass is 337 g/mol. The number of guanidine groups is 1. The zero-order valence-corrected chi connectivity index (χ0v) is 15.0. The Balaban J connectivity index is 1.51. The lowest BCUT2D eigenvalue weighted by Crippen LogP contribution is -2.38. The molecule has 0 saturated heterocycles. The molecule has 0 aliphatic heterocycles. The van der Waals surface area contributed by atoms with Crippen molar-refractivity contribution in [2.45, 2.75) is 25.8 Å². The van der Waals surface area contributed by atoms with E-state index in [-0.39, 0.29) is 0 Å². The van der Waals surface area contributed by atoms with Crippen LogP contribution in [0.3, 0.4) is 0 Å². The van der Waals surface area contributed by atoms with Crippen molar-refractivity contribution in [2.75, 3.05) is 20.2 Å². The highest BCUT2D eigenvalue weighted by atomic mass is 16.5. The molecule has 1 aliphatic rings. The van der Waals surface area contributed by atoms with Gasteiger partial charge in [-0.2, -0.15) is 0 Å². The smallest absolute Gasteiger partial charge is 0.191 e. The summed E-state index contributed by atoms with van der Waals surface area (Å²) in [5.41, 5.74) is 2.63. The lowest BCUT2D eigenvalue weighted by molar-refractivity contribution is 0.414. The third-order valence-corrected chi connectivity index (χ3v) is 4.61. The summed E-state index contributed by atoms with van der Waals surface area (Å²) in [5, 5.41) is 6.82. The SMILES string of the molecule is CCNC(=NCc1ccc(OC)cc1)NCC1CC1c1ccccc1. The first-order valence-electron chi connectivity index (χ1n) is 9.00. The van der Waals surface area contributed by atoms with Crippen LogP contribution in [-0.4, -0.2) is 26.2 Å². The predicted molar refractivity (Wildman–Crippen MR) is 103 cm³/mol. The zero-order valence-electron chi connectivity index (χ0n) is 15.0. The van der Waals surface area contributed by atoms with Crippen LogP contribution in [0.1, 0.15) is 30.4 Å². The molecule has 4 heteroatoms. The predicted octanol–water partition coefficient (Wildman–Crippen LogP) is 3.55. The van der Waals surface area contributed by atoms with Crippen molar-refractivity contribution in [1.82, 2.24) is 10.6 Å². The molecule has 25 heavy (non-hydrogen) atoms. The van der Waals surface area contributed by atoms with Crippen molar-refractivity contribution in [3.63, 3.8) is 0 Å². The second-order valence-corrected chi connectivity index (χ2v) is 6.44. The number of hydrogen-bond donors (Lipinski definition) is 2. The van der Waals surface area contributed by atoms with Gasteiger partial charge in [0.1, 0.15) is 5.75 Å². The molecular weight excluding hydrogens is 310 g/mol. The lowest BCUT2D eigenvalue weighted by Gasteiger charge is -2.11. The second-order valence-electron chi connectivity index (χ2n) is 6.44. The maximum atomic E-state index is 5.19. The Labute approximate surface area is 150 Å². The fourth-order valence-corrected chi connectivity index (χ4v) is 3.05. The van der Waals surface area contributed by atoms with E-state index in [1.54, 1.807) is 7.11 Å². The fourth-order valence-electron chi connectivity index (χ4n) is 3.05. The molecule has 1 saturated carbocycles. The van der Waals surface area contributed by atoms with Gasteiger partial charge in [-0.05, 0) is 48.4 Å². The van der Waals surface area contributed by atoms with E-state index in [0.29, 0.717) is 18.4 Å². The minimum absolute atomic E-state index is 0.659. The second kappa shape index (κ2) is 8.56. The van der Waals surface area contributed by atoms with Crippen LogP contribution < -0.4 is 15.4 Å². The molecule has 2 aromatic rings. The normalized spacial score (nSPS) is 19.4. The van der Waals surface area contributed by atoms with Crippen LogP contribution in [-0.2, 0) is 6.54 Å². The van der Waals surface area contributed by atoms with Gasteiger partial charge in [-0.15, -0.1) is 0 Å². The first-order chi connectivity index (χ1) is 12.3. The number of methoxy groups -OCH3 is 1. The largest absolute Gasteiger partial charge is 0.497 e. The Morgan fingerprint density at radius 2 is 1.84 bits per heavy atom. The highest BCUT2D eigenvalue weighted by molar-refractivity contribution is 5.79. The van der Waals surface area contributed by atoms with Crippen LogP contribution in [0.2, 0.25) is 0 Å². The summed E-state index contributed by atoms with van der Waals surface area (Å²) in [4.78, 5) is 4.69. The Morgan fingerprint density at radius 1 is 1.08 bits per heavy atom. The molecule has 132 valence electrons. The Hall–Kier alpha value is -2.49. The molecule has 0 spiro atoms. The molecule has 0 heterocycles. The minimum Gasteiger partial charge on any atom is -0.497 e. The number of aliphatic imine (C=N–C) groups is 1. The summed E-state index contributed by atoms with van der Waals surface area (Å²) < 4.78 is 5.19. The molecule has 1 fully saturated rings. The van der Waals surface area contributed by atoms with Gasteiger partial charge in [0.15, 0.2) is 5.96 Å². The first kappa shape index (κ1) is 17.3. The first-order valence-corrected chi connectivity index (χ1v) is 9.00.